The predicted octanol–water partition coefficient (Wildman–Crippen LogP) is 4.44. The van der Waals surface area contributed by atoms with Crippen LogP contribution in [0.2, 0.25) is 0 Å². The fourth-order valence-electron chi connectivity index (χ4n) is 3.65. The van der Waals surface area contributed by atoms with Crippen LogP contribution < -0.4 is 15.5 Å². The summed E-state index contributed by atoms with van der Waals surface area (Å²) in [4.78, 5) is 22.1. The fourth-order valence-corrected chi connectivity index (χ4v) is 4.60. The van der Waals surface area contributed by atoms with E-state index in [0.717, 1.165) is 46.7 Å². The number of piperazine rings is 1. The van der Waals surface area contributed by atoms with Crippen molar-refractivity contribution in [1.82, 2.24) is 24.8 Å². The summed E-state index contributed by atoms with van der Waals surface area (Å²) >= 11 is 1.52. The maximum Gasteiger partial charge on any atom is 0.317 e. The molecule has 1 fully saturated rings. The molecule has 1 saturated heterocycles. The average Bonchev–Trinajstić information content (AvgIpc) is 3.33. The molecule has 178 valence electrons. The lowest BCUT2D eigenvalue weighted by atomic mass is 10.1. The molecule has 2 N–H and O–H groups in total. The van der Waals surface area contributed by atoms with Crippen molar-refractivity contribution in [3.8, 4) is 11.3 Å². The van der Waals surface area contributed by atoms with Gasteiger partial charge in [-0.1, -0.05) is 18.3 Å². The van der Waals surface area contributed by atoms with Gasteiger partial charge in [-0.25, -0.2) is 14.2 Å². The Morgan fingerprint density at radius 3 is 2.45 bits per heavy atom. The Labute approximate surface area is 197 Å². The van der Waals surface area contributed by atoms with Gasteiger partial charge in [0.15, 0.2) is 5.82 Å². The van der Waals surface area contributed by atoms with Crippen LogP contribution in [0.3, 0.4) is 0 Å². The van der Waals surface area contributed by atoms with Gasteiger partial charge in [0.05, 0.1) is 0 Å². The number of carbonyl (C=O) groups is 1. The standard InChI is InChI=1S/C23H32FN7OS/c1-6-15(2)25-20(32)29-11-13-30(14-12-29)22-28-31-19(27-23(3,4)5)18(26-21(31)33-22)16-7-9-17(24)10-8-16/h7-10,15,27H,6,11-14H2,1-5H3,(H,25,32)/t15-/m1/s1. The van der Waals surface area contributed by atoms with E-state index in [1.165, 1.54) is 23.5 Å². The highest BCUT2D eigenvalue weighted by molar-refractivity contribution is 7.20. The van der Waals surface area contributed by atoms with E-state index in [4.69, 9.17) is 10.1 Å². The highest BCUT2D eigenvalue weighted by Crippen LogP contribution is 2.35. The van der Waals surface area contributed by atoms with Crippen LogP contribution in [-0.2, 0) is 0 Å². The van der Waals surface area contributed by atoms with Crippen molar-refractivity contribution < 1.29 is 9.18 Å². The molecule has 0 spiro atoms. The molecule has 0 saturated carbocycles. The topological polar surface area (TPSA) is 77.8 Å². The van der Waals surface area contributed by atoms with Gasteiger partial charge in [0, 0.05) is 43.3 Å². The number of hydrogen-bond acceptors (Lipinski definition) is 6. The molecule has 2 amide bonds. The number of aromatic nitrogens is 3. The summed E-state index contributed by atoms with van der Waals surface area (Å²) in [6.07, 6.45) is 0.912. The second-order valence-corrected chi connectivity index (χ2v) is 10.4. The highest BCUT2D eigenvalue weighted by atomic mass is 32.1. The minimum atomic E-state index is -0.275. The minimum absolute atomic E-state index is 0.00135. The third-order valence-electron chi connectivity index (χ3n) is 5.62. The van der Waals surface area contributed by atoms with Crippen LogP contribution in [0.1, 0.15) is 41.0 Å². The SMILES string of the molecule is CC[C@@H](C)NC(=O)N1CCN(c2nn3c(NC(C)(C)C)c(-c4ccc(F)cc4)nc3s2)CC1. The predicted molar refractivity (Wildman–Crippen MR) is 132 cm³/mol. The highest BCUT2D eigenvalue weighted by Gasteiger charge is 2.27. The number of nitrogens with zero attached hydrogens (tertiary/aromatic N) is 5. The summed E-state index contributed by atoms with van der Waals surface area (Å²) in [5, 5.41) is 12.3. The molecule has 1 aromatic carbocycles. The number of amides is 2. The monoisotopic (exact) mass is 473 g/mol. The van der Waals surface area contributed by atoms with E-state index < -0.39 is 0 Å². The van der Waals surface area contributed by atoms with Crippen molar-refractivity contribution >= 4 is 33.3 Å². The summed E-state index contributed by atoms with van der Waals surface area (Å²) in [5.74, 6) is 0.515. The quantitative estimate of drug-likeness (QED) is 0.573. The van der Waals surface area contributed by atoms with Crippen molar-refractivity contribution in [2.24, 2.45) is 0 Å². The van der Waals surface area contributed by atoms with Gasteiger partial charge < -0.3 is 20.4 Å². The van der Waals surface area contributed by atoms with Gasteiger partial charge in [0.2, 0.25) is 10.1 Å². The maximum atomic E-state index is 13.4. The second-order valence-electron chi connectivity index (χ2n) is 9.50. The van der Waals surface area contributed by atoms with Crippen LogP contribution in [0, 0.1) is 5.82 Å². The molecule has 3 heterocycles. The molecule has 0 bridgehead atoms. The number of halogens is 1. The molecule has 10 heteroatoms. The van der Waals surface area contributed by atoms with Crippen LogP contribution >= 0.6 is 11.3 Å². The van der Waals surface area contributed by atoms with Crippen molar-refractivity contribution in [2.75, 3.05) is 36.4 Å². The van der Waals surface area contributed by atoms with Gasteiger partial charge in [0.1, 0.15) is 11.5 Å². The van der Waals surface area contributed by atoms with Crippen molar-refractivity contribution in [2.45, 2.75) is 52.6 Å². The van der Waals surface area contributed by atoms with E-state index in [2.05, 4.69) is 43.2 Å². The molecule has 1 aliphatic rings. The smallest absolute Gasteiger partial charge is 0.317 e. The number of nitrogens with one attached hydrogen (secondary N) is 2. The number of urea groups is 1. The van der Waals surface area contributed by atoms with Crippen LogP contribution in [0.15, 0.2) is 24.3 Å². The number of anilines is 2. The number of hydrogen-bond donors (Lipinski definition) is 2. The Bertz CT molecular complexity index is 1110. The van der Waals surface area contributed by atoms with Crippen molar-refractivity contribution in [1.29, 1.82) is 0 Å². The zero-order valence-corrected chi connectivity index (χ0v) is 20.7. The molecular weight excluding hydrogens is 441 g/mol. The Morgan fingerprint density at radius 2 is 1.85 bits per heavy atom. The molecular formula is C23H32FN7OS. The second kappa shape index (κ2) is 9.17. The van der Waals surface area contributed by atoms with Crippen LogP contribution in [0.5, 0.6) is 0 Å². The molecule has 0 aliphatic carbocycles. The Hall–Kier alpha value is -2.88. The molecule has 4 rings (SSSR count). The summed E-state index contributed by atoms with van der Waals surface area (Å²) in [6, 6.07) is 6.53. The van der Waals surface area contributed by atoms with Gasteiger partial charge in [-0.05, 0) is 58.4 Å². The lowest BCUT2D eigenvalue weighted by molar-refractivity contribution is 0.190. The van der Waals surface area contributed by atoms with Crippen LogP contribution in [0.25, 0.3) is 16.2 Å². The third-order valence-corrected chi connectivity index (χ3v) is 6.59. The van der Waals surface area contributed by atoms with Gasteiger partial charge in [-0.2, -0.15) is 4.52 Å². The molecule has 1 aliphatic heterocycles. The largest absolute Gasteiger partial charge is 0.364 e. The average molecular weight is 474 g/mol. The Kier molecular flexibility index (Phi) is 6.47. The van der Waals surface area contributed by atoms with E-state index >= 15 is 0 Å². The van der Waals surface area contributed by atoms with Crippen molar-refractivity contribution in [3.05, 3.63) is 30.1 Å². The zero-order valence-electron chi connectivity index (χ0n) is 19.9. The van der Waals surface area contributed by atoms with Gasteiger partial charge >= 0.3 is 6.03 Å². The Balaban J connectivity index is 1.56. The summed E-state index contributed by atoms with van der Waals surface area (Å²) < 4.78 is 15.3. The number of imidazole rings is 1. The molecule has 8 nitrogen and oxygen atoms in total. The molecule has 0 radical (unpaired) electrons. The summed E-state index contributed by atoms with van der Waals surface area (Å²) in [5.41, 5.74) is 1.38. The van der Waals surface area contributed by atoms with E-state index in [-0.39, 0.29) is 23.4 Å². The first kappa shape index (κ1) is 23.3. The van der Waals surface area contributed by atoms with Gasteiger partial charge in [0.25, 0.3) is 0 Å². The molecule has 3 aromatic rings. The number of carbonyl (C=O) groups excluding carboxylic acids is 1. The molecule has 33 heavy (non-hydrogen) atoms. The first-order chi connectivity index (χ1) is 15.6. The number of rotatable bonds is 5. The first-order valence-electron chi connectivity index (χ1n) is 11.4. The van der Waals surface area contributed by atoms with Gasteiger partial charge in [-0.15, -0.1) is 5.10 Å². The van der Waals surface area contributed by atoms with E-state index in [1.54, 1.807) is 12.1 Å². The zero-order chi connectivity index (χ0) is 23.8. The number of fused-ring (bicyclic) bond motifs is 1. The normalized spacial score (nSPS) is 15.7. The van der Waals surface area contributed by atoms with Crippen molar-refractivity contribution in [3.63, 3.8) is 0 Å². The lowest BCUT2D eigenvalue weighted by Crippen LogP contribution is -2.53. The molecule has 1 atom stereocenters. The summed E-state index contributed by atoms with van der Waals surface area (Å²) in [6.45, 7) is 13.1. The fraction of sp³-hybridized carbons (Fsp3) is 0.522. The third kappa shape index (κ3) is 5.21. The van der Waals surface area contributed by atoms with E-state index in [9.17, 15) is 9.18 Å². The lowest BCUT2D eigenvalue weighted by Gasteiger charge is -2.34. The maximum absolute atomic E-state index is 13.4. The minimum Gasteiger partial charge on any atom is -0.364 e. The summed E-state index contributed by atoms with van der Waals surface area (Å²) in [7, 11) is 0. The Morgan fingerprint density at radius 1 is 1.18 bits per heavy atom. The van der Waals surface area contributed by atoms with E-state index in [0.29, 0.717) is 13.1 Å². The van der Waals surface area contributed by atoms with E-state index in [1.807, 2.05) is 16.3 Å². The molecule has 2 aromatic heterocycles. The first-order valence-corrected chi connectivity index (χ1v) is 12.2. The molecule has 0 unspecified atom stereocenters. The van der Waals surface area contributed by atoms with Crippen LogP contribution in [0.4, 0.5) is 20.1 Å². The van der Waals surface area contributed by atoms with Crippen LogP contribution in [-0.4, -0.2) is 63.3 Å². The number of benzene rings is 1. The van der Waals surface area contributed by atoms with Gasteiger partial charge in [-0.3, -0.25) is 0 Å².